The molecule has 3 rings (SSSR count). The van der Waals surface area contributed by atoms with Crippen LogP contribution in [0.5, 0.6) is 5.75 Å². The standard InChI is InChI=1S/C21H19NO4/c1-2-25-19-10-6-5-9-18(19)21(24)26-14-20(23)22-17-12-11-15-7-3-4-8-16(15)13-17/h3-13H,2,14H2,1H3,(H,22,23). The molecule has 0 aliphatic carbocycles. The van der Waals surface area contributed by atoms with E-state index in [-0.39, 0.29) is 6.61 Å². The minimum Gasteiger partial charge on any atom is -0.493 e. The van der Waals surface area contributed by atoms with Crippen LogP contribution in [-0.2, 0) is 9.53 Å². The number of fused-ring (bicyclic) bond motifs is 1. The second-order valence-corrected chi connectivity index (χ2v) is 5.62. The van der Waals surface area contributed by atoms with Crippen LogP contribution in [-0.4, -0.2) is 25.1 Å². The number of anilines is 1. The molecule has 26 heavy (non-hydrogen) atoms. The molecule has 5 nitrogen and oxygen atoms in total. The molecule has 3 aromatic rings. The largest absolute Gasteiger partial charge is 0.493 e. The second kappa shape index (κ2) is 8.16. The lowest BCUT2D eigenvalue weighted by atomic mass is 10.1. The first-order chi connectivity index (χ1) is 12.7. The zero-order valence-corrected chi connectivity index (χ0v) is 14.4. The number of hydrogen-bond donors (Lipinski definition) is 1. The lowest BCUT2D eigenvalue weighted by molar-refractivity contribution is -0.119. The molecule has 0 aromatic heterocycles. The van der Waals surface area contributed by atoms with Crippen molar-refractivity contribution < 1.29 is 19.1 Å². The van der Waals surface area contributed by atoms with Crippen molar-refractivity contribution in [2.45, 2.75) is 6.92 Å². The van der Waals surface area contributed by atoms with Crippen LogP contribution in [0.25, 0.3) is 10.8 Å². The molecule has 0 bridgehead atoms. The van der Waals surface area contributed by atoms with Crippen LogP contribution in [0.2, 0.25) is 0 Å². The Bertz CT molecular complexity index is 936. The van der Waals surface area contributed by atoms with Crippen LogP contribution in [0.4, 0.5) is 5.69 Å². The van der Waals surface area contributed by atoms with Crippen LogP contribution in [0.3, 0.4) is 0 Å². The number of hydrogen-bond acceptors (Lipinski definition) is 4. The zero-order chi connectivity index (χ0) is 18.4. The fourth-order valence-electron chi connectivity index (χ4n) is 2.59. The van der Waals surface area contributed by atoms with Crippen molar-refractivity contribution in [3.8, 4) is 5.75 Å². The van der Waals surface area contributed by atoms with Gasteiger partial charge in [-0.05, 0) is 42.0 Å². The molecule has 0 spiro atoms. The topological polar surface area (TPSA) is 64.6 Å². The molecule has 0 unspecified atom stereocenters. The maximum absolute atomic E-state index is 12.2. The summed E-state index contributed by atoms with van der Waals surface area (Å²) in [4.78, 5) is 24.3. The Morgan fingerprint density at radius 2 is 1.65 bits per heavy atom. The van der Waals surface area contributed by atoms with Gasteiger partial charge in [-0.15, -0.1) is 0 Å². The molecular weight excluding hydrogens is 330 g/mol. The van der Waals surface area contributed by atoms with E-state index in [9.17, 15) is 9.59 Å². The number of nitrogens with one attached hydrogen (secondary N) is 1. The first kappa shape index (κ1) is 17.5. The number of esters is 1. The SMILES string of the molecule is CCOc1ccccc1C(=O)OCC(=O)Nc1ccc2ccccc2c1. The number of rotatable bonds is 6. The molecule has 5 heteroatoms. The average Bonchev–Trinajstić information content (AvgIpc) is 2.67. The number of carbonyl (C=O) groups is 2. The van der Waals surface area contributed by atoms with E-state index in [1.54, 1.807) is 24.3 Å². The first-order valence-electron chi connectivity index (χ1n) is 8.35. The van der Waals surface area contributed by atoms with Crippen molar-refractivity contribution in [3.05, 3.63) is 72.3 Å². The van der Waals surface area contributed by atoms with Gasteiger partial charge in [0.15, 0.2) is 6.61 Å². The number of para-hydroxylation sites is 1. The molecule has 0 radical (unpaired) electrons. The molecule has 0 atom stereocenters. The second-order valence-electron chi connectivity index (χ2n) is 5.62. The zero-order valence-electron chi connectivity index (χ0n) is 14.4. The normalized spacial score (nSPS) is 10.3. The number of benzene rings is 3. The number of carbonyl (C=O) groups excluding carboxylic acids is 2. The fraction of sp³-hybridized carbons (Fsp3) is 0.143. The highest BCUT2D eigenvalue weighted by Gasteiger charge is 2.15. The highest BCUT2D eigenvalue weighted by Crippen LogP contribution is 2.20. The van der Waals surface area contributed by atoms with E-state index < -0.39 is 11.9 Å². The Labute approximate surface area is 151 Å². The van der Waals surface area contributed by atoms with Crippen LogP contribution in [0.15, 0.2) is 66.7 Å². The predicted molar refractivity (Wildman–Crippen MR) is 100 cm³/mol. The van der Waals surface area contributed by atoms with Crippen LogP contribution < -0.4 is 10.1 Å². The van der Waals surface area contributed by atoms with Gasteiger partial charge in [0, 0.05) is 5.69 Å². The summed E-state index contributed by atoms with van der Waals surface area (Å²) in [5, 5.41) is 4.84. The lowest BCUT2D eigenvalue weighted by Gasteiger charge is -2.10. The highest BCUT2D eigenvalue weighted by atomic mass is 16.5. The molecule has 132 valence electrons. The third-order valence-corrected chi connectivity index (χ3v) is 3.77. The van der Waals surface area contributed by atoms with E-state index in [0.29, 0.717) is 23.6 Å². The van der Waals surface area contributed by atoms with E-state index >= 15 is 0 Å². The van der Waals surface area contributed by atoms with Crippen molar-refractivity contribution in [2.24, 2.45) is 0 Å². The van der Waals surface area contributed by atoms with E-state index in [2.05, 4.69) is 5.32 Å². The van der Waals surface area contributed by atoms with Crippen molar-refractivity contribution in [1.82, 2.24) is 0 Å². The first-order valence-corrected chi connectivity index (χ1v) is 8.35. The van der Waals surface area contributed by atoms with Crippen molar-refractivity contribution in [1.29, 1.82) is 0 Å². The molecule has 0 aliphatic heterocycles. The Morgan fingerprint density at radius 1 is 0.923 bits per heavy atom. The van der Waals surface area contributed by atoms with E-state index in [0.717, 1.165) is 10.8 Å². The number of amides is 1. The average molecular weight is 349 g/mol. The summed E-state index contributed by atoms with van der Waals surface area (Å²) < 4.78 is 10.5. The molecule has 0 aliphatic rings. The van der Waals surface area contributed by atoms with Crippen LogP contribution >= 0.6 is 0 Å². The molecule has 0 saturated heterocycles. The maximum atomic E-state index is 12.2. The Kier molecular flexibility index (Phi) is 5.49. The summed E-state index contributed by atoms with van der Waals surface area (Å²) in [6, 6.07) is 20.3. The minimum atomic E-state index is -0.595. The molecule has 1 N–H and O–H groups in total. The van der Waals surface area contributed by atoms with Gasteiger partial charge in [0.25, 0.3) is 5.91 Å². The Balaban J connectivity index is 1.60. The molecular formula is C21H19NO4. The van der Waals surface area contributed by atoms with Gasteiger partial charge in [0.05, 0.1) is 6.61 Å². The van der Waals surface area contributed by atoms with Crippen LogP contribution in [0, 0.1) is 0 Å². The van der Waals surface area contributed by atoms with E-state index in [1.807, 2.05) is 49.4 Å². The van der Waals surface area contributed by atoms with Gasteiger partial charge in [-0.3, -0.25) is 4.79 Å². The smallest absolute Gasteiger partial charge is 0.342 e. The van der Waals surface area contributed by atoms with Gasteiger partial charge in [-0.1, -0.05) is 42.5 Å². The molecule has 0 fully saturated rings. The molecule has 0 saturated carbocycles. The minimum absolute atomic E-state index is 0.299. The summed E-state index contributed by atoms with van der Waals surface area (Å²) in [7, 11) is 0. The van der Waals surface area contributed by atoms with Gasteiger partial charge in [0.1, 0.15) is 11.3 Å². The van der Waals surface area contributed by atoms with Crippen LogP contribution in [0.1, 0.15) is 17.3 Å². The highest BCUT2D eigenvalue weighted by molar-refractivity contribution is 5.98. The Hall–Kier alpha value is -3.34. The lowest BCUT2D eigenvalue weighted by Crippen LogP contribution is -2.21. The number of ether oxygens (including phenoxy) is 2. The predicted octanol–water partition coefficient (Wildman–Crippen LogP) is 4.03. The van der Waals surface area contributed by atoms with Crippen molar-refractivity contribution in [3.63, 3.8) is 0 Å². The summed E-state index contributed by atoms with van der Waals surface area (Å²) in [6.07, 6.45) is 0. The maximum Gasteiger partial charge on any atom is 0.342 e. The summed E-state index contributed by atoms with van der Waals surface area (Å²) >= 11 is 0. The van der Waals surface area contributed by atoms with Gasteiger partial charge in [-0.2, -0.15) is 0 Å². The summed E-state index contributed by atoms with van der Waals surface area (Å²) in [5.41, 5.74) is 0.951. The quantitative estimate of drug-likeness (QED) is 0.682. The molecule has 3 aromatic carbocycles. The third-order valence-electron chi connectivity index (χ3n) is 3.77. The van der Waals surface area contributed by atoms with Gasteiger partial charge < -0.3 is 14.8 Å². The van der Waals surface area contributed by atoms with Gasteiger partial charge in [0.2, 0.25) is 0 Å². The summed E-state index contributed by atoms with van der Waals surface area (Å²) in [6.45, 7) is 1.90. The van der Waals surface area contributed by atoms with Crippen molar-refractivity contribution in [2.75, 3.05) is 18.5 Å². The van der Waals surface area contributed by atoms with Gasteiger partial charge in [-0.25, -0.2) is 4.79 Å². The third kappa shape index (κ3) is 4.19. The van der Waals surface area contributed by atoms with E-state index in [4.69, 9.17) is 9.47 Å². The monoisotopic (exact) mass is 349 g/mol. The van der Waals surface area contributed by atoms with Gasteiger partial charge >= 0.3 is 5.97 Å². The Morgan fingerprint density at radius 3 is 2.46 bits per heavy atom. The molecule has 0 heterocycles. The van der Waals surface area contributed by atoms with Crippen molar-refractivity contribution >= 4 is 28.3 Å². The summed E-state index contributed by atoms with van der Waals surface area (Å²) in [5.74, 6) is -0.555. The van der Waals surface area contributed by atoms with E-state index in [1.165, 1.54) is 0 Å². The molecule has 1 amide bonds. The fourth-order valence-corrected chi connectivity index (χ4v) is 2.59.